The lowest BCUT2D eigenvalue weighted by Crippen LogP contribution is -2.15. The normalized spacial score (nSPS) is 10.3. The Morgan fingerprint density at radius 2 is 1.96 bits per heavy atom. The lowest BCUT2D eigenvalue weighted by Gasteiger charge is -2.12. The van der Waals surface area contributed by atoms with Gasteiger partial charge in [-0.15, -0.1) is 0 Å². The van der Waals surface area contributed by atoms with E-state index in [9.17, 15) is 4.79 Å². The number of pyridine rings is 2. The predicted octanol–water partition coefficient (Wildman–Crippen LogP) is 4.57. The number of nitrogens with zero attached hydrogens (tertiary/aromatic N) is 2. The van der Waals surface area contributed by atoms with Crippen molar-refractivity contribution in [3.63, 3.8) is 0 Å². The lowest BCUT2D eigenvalue weighted by molar-refractivity contribution is 0.102. The number of ether oxygens (including phenoxy) is 1. The van der Waals surface area contributed by atoms with Crippen molar-refractivity contribution in [1.29, 1.82) is 0 Å². The van der Waals surface area contributed by atoms with Gasteiger partial charge in [-0.1, -0.05) is 11.6 Å². The molecule has 1 amide bonds. The first-order valence-corrected chi connectivity index (χ1v) is 8.82. The molecule has 0 saturated heterocycles. The van der Waals surface area contributed by atoms with Crippen LogP contribution >= 0.6 is 34.2 Å². The molecule has 5 nitrogen and oxygen atoms in total. The van der Waals surface area contributed by atoms with Gasteiger partial charge in [0.2, 0.25) is 0 Å². The molecule has 0 fully saturated rings. The molecule has 0 atom stereocenters. The molecule has 0 bridgehead atoms. The Morgan fingerprint density at radius 3 is 2.76 bits per heavy atom. The zero-order valence-corrected chi connectivity index (χ0v) is 15.9. The molecule has 0 aliphatic carbocycles. The number of rotatable bonds is 5. The second-order valence-electron chi connectivity index (χ2n) is 5.07. The Hall–Kier alpha value is -2.19. The standard InChI is InChI=1S/C18H13ClIN3O2/c19-13-3-4-15(20)14(10-13)18(24)23-17-16(2-1-7-22-17)25-11-12-5-8-21-9-6-12/h1-10H,11H2,(H,22,23,24). The van der Waals surface area contributed by atoms with E-state index in [2.05, 4.69) is 37.9 Å². The van der Waals surface area contributed by atoms with Gasteiger partial charge in [-0.2, -0.15) is 0 Å². The van der Waals surface area contributed by atoms with Crippen LogP contribution in [-0.2, 0) is 6.61 Å². The van der Waals surface area contributed by atoms with E-state index >= 15 is 0 Å². The van der Waals surface area contributed by atoms with E-state index in [1.54, 1.807) is 48.9 Å². The predicted molar refractivity (Wildman–Crippen MR) is 105 cm³/mol. The third-order valence-corrected chi connectivity index (χ3v) is 4.50. The van der Waals surface area contributed by atoms with E-state index in [0.29, 0.717) is 28.8 Å². The summed E-state index contributed by atoms with van der Waals surface area (Å²) in [6.07, 6.45) is 5.00. The minimum Gasteiger partial charge on any atom is -0.485 e. The molecule has 126 valence electrons. The Kier molecular flexibility index (Phi) is 5.83. The quantitative estimate of drug-likeness (QED) is 0.561. The largest absolute Gasteiger partial charge is 0.485 e. The zero-order valence-electron chi connectivity index (χ0n) is 12.9. The molecule has 3 rings (SSSR count). The van der Waals surface area contributed by atoms with Crippen LogP contribution in [0.4, 0.5) is 5.82 Å². The number of amides is 1. The second kappa shape index (κ2) is 8.26. The number of aromatic nitrogens is 2. The van der Waals surface area contributed by atoms with Gasteiger partial charge < -0.3 is 10.1 Å². The van der Waals surface area contributed by atoms with Gasteiger partial charge in [0.05, 0.1) is 5.56 Å². The SMILES string of the molecule is O=C(Nc1ncccc1OCc1ccncc1)c1cc(Cl)ccc1I. The highest BCUT2D eigenvalue weighted by Gasteiger charge is 2.14. The summed E-state index contributed by atoms with van der Waals surface area (Å²) in [7, 11) is 0. The molecule has 3 aromatic rings. The molecule has 0 spiro atoms. The van der Waals surface area contributed by atoms with Gasteiger partial charge in [-0.05, 0) is 70.6 Å². The Bertz CT molecular complexity index is 890. The average Bonchev–Trinajstić information content (AvgIpc) is 2.64. The number of anilines is 1. The van der Waals surface area contributed by atoms with Gasteiger partial charge in [0.15, 0.2) is 11.6 Å². The van der Waals surface area contributed by atoms with Crippen LogP contribution in [0.3, 0.4) is 0 Å². The molecular weight excluding hydrogens is 453 g/mol. The fourth-order valence-electron chi connectivity index (χ4n) is 2.09. The smallest absolute Gasteiger partial charge is 0.258 e. The first kappa shape index (κ1) is 17.6. The van der Waals surface area contributed by atoms with E-state index in [1.807, 2.05) is 12.1 Å². The summed E-state index contributed by atoms with van der Waals surface area (Å²) in [6, 6.07) is 12.4. The molecule has 1 aromatic carbocycles. The Morgan fingerprint density at radius 1 is 1.16 bits per heavy atom. The third kappa shape index (κ3) is 4.67. The van der Waals surface area contributed by atoms with Crippen LogP contribution in [0.5, 0.6) is 5.75 Å². The van der Waals surface area contributed by atoms with Crippen LogP contribution in [0.25, 0.3) is 0 Å². The van der Waals surface area contributed by atoms with Crippen molar-refractivity contribution in [3.8, 4) is 5.75 Å². The number of carbonyl (C=O) groups excluding carboxylic acids is 1. The Labute approximate surface area is 163 Å². The maximum absolute atomic E-state index is 12.5. The summed E-state index contributed by atoms with van der Waals surface area (Å²) in [6.45, 7) is 0.353. The van der Waals surface area contributed by atoms with Crippen molar-refractivity contribution >= 4 is 45.9 Å². The zero-order chi connectivity index (χ0) is 17.6. The van der Waals surface area contributed by atoms with Crippen LogP contribution in [0, 0.1) is 3.57 Å². The molecule has 25 heavy (non-hydrogen) atoms. The third-order valence-electron chi connectivity index (χ3n) is 3.32. The van der Waals surface area contributed by atoms with Crippen molar-refractivity contribution in [3.05, 3.63) is 80.8 Å². The highest BCUT2D eigenvalue weighted by atomic mass is 127. The molecule has 2 heterocycles. The van der Waals surface area contributed by atoms with Gasteiger partial charge in [0.25, 0.3) is 5.91 Å². The number of halogens is 2. The monoisotopic (exact) mass is 465 g/mol. The minimum atomic E-state index is -0.292. The van der Waals surface area contributed by atoms with E-state index in [0.717, 1.165) is 9.13 Å². The molecule has 7 heteroatoms. The molecule has 2 aromatic heterocycles. The lowest BCUT2D eigenvalue weighted by atomic mass is 10.2. The highest BCUT2D eigenvalue weighted by Crippen LogP contribution is 2.24. The van der Waals surface area contributed by atoms with Crippen molar-refractivity contribution in [1.82, 2.24) is 9.97 Å². The van der Waals surface area contributed by atoms with Crippen molar-refractivity contribution in [2.75, 3.05) is 5.32 Å². The summed E-state index contributed by atoms with van der Waals surface area (Å²) in [5, 5.41) is 3.28. The Balaban J connectivity index is 1.76. The van der Waals surface area contributed by atoms with Gasteiger partial charge in [0.1, 0.15) is 6.61 Å². The number of carbonyl (C=O) groups is 1. The van der Waals surface area contributed by atoms with Crippen LogP contribution in [0.1, 0.15) is 15.9 Å². The fraction of sp³-hybridized carbons (Fsp3) is 0.0556. The van der Waals surface area contributed by atoms with E-state index < -0.39 is 0 Å². The summed E-state index contributed by atoms with van der Waals surface area (Å²) in [5.41, 5.74) is 1.46. The second-order valence-corrected chi connectivity index (χ2v) is 6.67. The van der Waals surface area contributed by atoms with Crippen LogP contribution < -0.4 is 10.1 Å². The first-order chi connectivity index (χ1) is 12.1. The number of hydrogen-bond donors (Lipinski definition) is 1. The van der Waals surface area contributed by atoms with Crippen molar-refractivity contribution < 1.29 is 9.53 Å². The molecule has 1 N–H and O–H groups in total. The average molecular weight is 466 g/mol. The molecule has 0 radical (unpaired) electrons. The minimum absolute atomic E-state index is 0.292. The van der Waals surface area contributed by atoms with Gasteiger partial charge in [-0.3, -0.25) is 9.78 Å². The van der Waals surface area contributed by atoms with Crippen molar-refractivity contribution in [2.45, 2.75) is 6.61 Å². The maximum Gasteiger partial charge on any atom is 0.258 e. The molecule has 0 unspecified atom stereocenters. The molecular formula is C18H13ClIN3O2. The topological polar surface area (TPSA) is 64.1 Å². The number of hydrogen-bond acceptors (Lipinski definition) is 4. The van der Waals surface area contributed by atoms with E-state index in [1.165, 1.54) is 0 Å². The summed E-state index contributed by atoms with van der Waals surface area (Å²) in [5.74, 6) is 0.557. The van der Waals surface area contributed by atoms with Gasteiger partial charge >= 0.3 is 0 Å². The van der Waals surface area contributed by atoms with Gasteiger partial charge in [0, 0.05) is 27.2 Å². The first-order valence-electron chi connectivity index (χ1n) is 7.36. The number of nitrogens with one attached hydrogen (secondary N) is 1. The molecule has 0 aliphatic heterocycles. The van der Waals surface area contributed by atoms with Crippen LogP contribution in [-0.4, -0.2) is 15.9 Å². The van der Waals surface area contributed by atoms with Crippen molar-refractivity contribution in [2.24, 2.45) is 0 Å². The van der Waals surface area contributed by atoms with E-state index in [-0.39, 0.29) is 5.91 Å². The number of benzene rings is 1. The molecule has 0 aliphatic rings. The highest BCUT2D eigenvalue weighted by molar-refractivity contribution is 14.1. The fourth-order valence-corrected chi connectivity index (χ4v) is 2.84. The van der Waals surface area contributed by atoms with E-state index in [4.69, 9.17) is 16.3 Å². The summed E-state index contributed by atoms with van der Waals surface area (Å²) >= 11 is 8.07. The maximum atomic E-state index is 12.5. The van der Waals surface area contributed by atoms with Gasteiger partial charge in [-0.25, -0.2) is 4.98 Å². The summed E-state index contributed by atoms with van der Waals surface area (Å²) < 4.78 is 6.58. The molecule has 0 saturated carbocycles. The van der Waals surface area contributed by atoms with Crippen LogP contribution in [0.2, 0.25) is 5.02 Å². The van der Waals surface area contributed by atoms with Crippen LogP contribution in [0.15, 0.2) is 61.1 Å². The summed E-state index contributed by atoms with van der Waals surface area (Å²) in [4.78, 5) is 20.7.